The fourth-order valence-electron chi connectivity index (χ4n) is 8.09. The molecule has 6 nitrogen and oxygen atoms in total. The zero-order chi connectivity index (χ0) is 43.7. The van der Waals surface area contributed by atoms with E-state index in [1.54, 1.807) is 0 Å². The molecule has 0 radical (unpaired) electrons. The summed E-state index contributed by atoms with van der Waals surface area (Å²) in [6, 6.07) is -0.580. The van der Waals surface area contributed by atoms with Gasteiger partial charge in [0.25, 0.3) is 0 Å². The Balaban J connectivity index is 3.53. The summed E-state index contributed by atoms with van der Waals surface area (Å²) in [5.41, 5.74) is 0. The molecule has 0 saturated heterocycles. The third-order valence-corrected chi connectivity index (χ3v) is 12.2. The van der Waals surface area contributed by atoms with Crippen LogP contribution < -0.4 is 5.32 Å². The molecule has 2 atom stereocenters. The van der Waals surface area contributed by atoms with Gasteiger partial charge < -0.3 is 20.3 Å². The molecule has 1 amide bonds. The number of carbonyl (C=O) groups is 2. The molecular weight excluding hydrogens is 743 g/mol. The number of carbonyl (C=O) groups excluding carboxylic acids is 2. The predicted molar refractivity (Wildman–Crippen MR) is 260 cm³/mol. The van der Waals surface area contributed by atoms with Gasteiger partial charge in [0.15, 0.2) is 0 Å². The highest BCUT2D eigenvalue weighted by molar-refractivity contribution is 5.76. The van der Waals surface area contributed by atoms with Crippen molar-refractivity contribution in [3.63, 3.8) is 0 Å². The lowest BCUT2D eigenvalue weighted by Crippen LogP contribution is -2.45. The summed E-state index contributed by atoms with van der Waals surface area (Å²) in [5.74, 6) is -0.140. The van der Waals surface area contributed by atoms with Crippen LogP contribution in [-0.4, -0.2) is 47.4 Å². The number of unbranched alkanes of at least 4 members (excludes halogenated alkanes) is 34. The second-order valence-electron chi connectivity index (χ2n) is 18.2. The molecule has 60 heavy (non-hydrogen) atoms. The molecule has 3 N–H and O–H groups in total. The van der Waals surface area contributed by atoms with Gasteiger partial charge in [-0.25, -0.2) is 0 Å². The normalized spacial score (nSPS) is 12.8. The summed E-state index contributed by atoms with van der Waals surface area (Å²) in [6.07, 6.45) is 58.8. The Bertz CT molecular complexity index is 935. The molecule has 0 aromatic rings. The van der Waals surface area contributed by atoms with Crippen molar-refractivity contribution in [1.29, 1.82) is 0 Å². The lowest BCUT2D eigenvalue weighted by molar-refractivity contribution is -0.143. The molecule has 354 valence electrons. The van der Waals surface area contributed by atoms with Crippen LogP contribution in [0.15, 0.2) is 24.3 Å². The number of aliphatic hydroxyl groups is 2. The Hall–Kier alpha value is -1.66. The molecule has 0 spiro atoms. The van der Waals surface area contributed by atoms with Gasteiger partial charge in [-0.1, -0.05) is 231 Å². The van der Waals surface area contributed by atoms with Gasteiger partial charge in [0.05, 0.1) is 25.4 Å². The second kappa shape index (κ2) is 50.0. The van der Waals surface area contributed by atoms with Crippen LogP contribution in [0.4, 0.5) is 0 Å². The van der Waals surface area contributed by atoms with E-state index in [1.807, 2.05) is 0 Å². The van der Waals surface area contributed by atoms with E-state index in [4.69, 9.17) is 4.74 Å². The Labute approximate surface area is 373 Å². The minimum atomic E-state index is -0.696. The van der Waals surface area contributed by atoms with E-state index >= 15 is 0 Å². The lowest BCUT2D eigenvalue weighted by Gasteiger charge is -2.22. The summed E-state index contributed by atoms with van der Waals surface area (Å²) in [6.45, 7) is 4.83. The van der Waals surface area contributed by atoms with Crippen molar-refractivity contribution in [3.05, 3.63) is 24.3 Å². The maximum atomic E-state index is 12.4. The molecule has 0 aliphatic carbocycles. The highest BCUT2D eigenvalue weighted by atomic mass is 16.5. The summed E-state index contributed by atoms with van der Waals surface area (Å²) < 4.78 is 5.41. The minimum Gasteiger partial charge on any atom is -0.466 e. The molecule has 0 heterocycles. The largest absolute Gasteiger partial charge is 0.466 e. The second-order valence-corrected chi connectivity index (χ2v) is 18.2. The Morgan fingerprint density at radius 3 is 1.27 bits per heavy atom. The topological polar surface area (TPSA) is 95.9 Å². The third-order valence-electron chi connectivity index (χ3n) is 12.2. The molecular formula is C54H103NO5. The maximum absolute atomic E-state index is 12.4. The van der Waals surface area contributed by atoms with Crippen LogP contribution in [0.25, 0.3) is 0 Å². The number of ether oxygens (including phenoxy) is 1. The molecule has 0 fully saturated rings. The van der Waals surface area contributed by atoms with Gasteiger partial charge in [0, 0.05) is 12.8 Å². The summed E-state index contributed by atoms with van der Waals surface area (Å²) in [7, 11) is 0. The number of amides is 1. The molecule has 0 saturated carbocycles. The molecule has 0 rings (SSSR count). The van der Waals surface area contributed by atoms with Crippen molar-refractivity contribution >= 4 is 11.9 Å². The first-order valence-corrected chi connectivity index (χ1v) is 26.6. The Morgan fingerprint density at radius 1 is 0.450 bits per heavy atom. The van der Waals surface area contributed by atoms with Crippen LogP contribution in [0, 0.1) is 0 Å². The molecule has 0 aromatic carbocycles. The quantitative estimate of drug-likeness (QED) is 0.0322. The van der Waals surface area contributed by atoms with E-state index < -0.39 is 12.1 Å². The highest BCUT2D eigenvalue weighted by Gasteiger charge is 2.20. The van der Waals surface area contributed by atoms with E-state index in [-0.39, 0.29) is 18.5 Å². The number of esters is 1. The number of nitrogens with one attached hydrogen (secondary N) is 1. The molecule has 0 aromatic heterocycles. The zero-order valence-electron chi connectivity index (χ0n) is 40.2. The number of aliphatic hydroxyl groups excluding tert-OH is 2. The van der Waals surface area contributed by atoms with Gasteiger partial charge in [-0.3, -0.25) is 9.59 Å². The van der Waals surface area contributed by atoms with E-state index in [0.717, 1.165) is 70.6 Å². The van der Waals surface area contributed by atoms with Crippen molar-refractivity contribution in [3.8, 4) is 0 Å². The van der Waals surface area contributed by atoms with Gasteiger partial charge in [-0.2, -0.15) is 0 Å². The summed E-state index contributed by atoms with van der Waals surface area (Å²) in [4.78, 5) is 24.4. The average Bonchev–Trinajstić information content (AvgIpc) is 3.25. The highest BCUT2D eigenvalue weighted by Crippen LogP contribution is 2.17. The van der Waals surface area contributed by atoms with Crippen LogP contribution in [0.3, 0.4) is 0 Å². The van der Waals surface area contributed by atoms with Crippen LogP contribution in [-0.2, 0) is 14.3 Å². The minimum absolute atomic E-state index is 0.0462. The Morgan fingerprint density at radius 2 is 0.817 bits per heavy atom. The van der Waals surface area contributed by atoms with Crippen LogP contribution in [0.5, 0.6) is 0 Å². The fraction of sp³-hybridized carbons (Fsp3) is 0.889. The molecule has 2 unspecified atom stereocenters. The summed E-state index contributed by atoms with van der Waals surface area (Å²) in [5, 5.41) is 23.2. The lowest BCUT2D eigenvalue weighted by atomic mass is 10.0. The van der Waals surface area contributed by atoms with Crippen LogP contribution in [0.1, 0.15) is 284 Å². The molecule has 0 aliphatic heterocycles. The third kappa shape index (κ3) is 45.9. The molecule has 6 heteroatoms. The van der Waals surface area contributed by atoms with Crippen molar-refractivity contribution < 1.29 is 24.5 Å². The van der Waals surface area contributed by atoms with Crippen molar-refractivity contribution in [1.82, 2.24) is 5.32 Å². The number of allylic oxidation sites excluding steroid dienone is 4. The van der Waals surface area contributed by atoms with Crippen molar-refractivity contribution in [2.24, 2.45) is 0 Å². The monoisotopic (exact) mass is 846 g/mol. The number of rotatable bonds is 49. The standard InChI is InChI=1S/C54H103NO5/c1-3-5-7-9-11-13-15-16-17-18-19-20-21-22-23-24-25-26-28-30-34-38-42-46-52(57)51(50-56)55-53(58)47-43-39-35-31-29-33-37-41-45-49-60-54(59)48-44-40-36-32-27-14-12-10-8-6-4-2/h10,12,31,35,51-52,56-57H,3-9,11,13-30,32-34,36-50H2,1-2H3,(H,55,58)/b12-10-,35-31-. The number of hydrogen-bond donors (Lipinski definition) is 3. The first kappa shape index (κ1) is 58.3. The van der Waals surface area contributed by atoms with Crippen molar-refractivity contribution in [2.75, 3.05) is 13.2 Å². The Kier molecular flexibility index (Phi) is 48.6. The fourth-order valence-corrected chi connectivity index (χ4v) is 8.09. The van der Waals surface area contributed by atoms with Gasteiger partial charge in [-0.15, -0.1) is 0 Å². The average molecular weight is 846 g/mol. The van der Waals surface area contributed by atoms with E-state index in [0.29, 0.717) is 25.9 Å². The van der Waals surface area contributed by atoms with Crippen molar-refractivity contribution in [2.45, 2.75) is 296 Å². The van der Waals surface area contributed by atoms with Crippen LogP contribution >= 0.6 is 0 Å². The maximum Gasteiger partial charge on any atom is 0.305 e. The van der Waals surface area contributed by atoms with Gasteiger partial charge in [0.1, 0.15) is 0 Å². The summed E-state index contributed by atoms with van der Waals surface area (Å²) >= 11 is 0. The number of hydrogen-bond acceptors (Lipinski definition) is 5. The van der Waals surface area contributed by atoms with E-state index in [1.165, 1.54) is 180 Å². The first-order valence-electron chi connectivity index (χ1n) is 26.6. The van der Waals surface area contributed by atoms with Gasteiger partial charge >= 0.3 is 5.97 Å². The van der Waals surface area contributed by atoms with Gasteiger partial charge in [-0.05, 0) is 64.2 Å². The molecule has 0 aliphatic rings. The molecule has 0 bridgehead atoms. The van der Waals surface area contributed by atoms with Crippen LogP contribution in [0.2, 0.25) is 0 Å². The SMILES string of the molecule is CCCC/C=C\CCCCCCCC(=O)OCCCCCC/C=C\CCCC(=O)NC(CO)C(O)CCCCCCCCCCCCCCCCCCCCCCCCC. The van der Waals surface area contributed by atoms with E-state index in [2.05, 4.69) is 43.5 Å². The first-order chi connectivity index (χ1) is 29.5. The van der Waals surface area contributed by atoms with E-state index in [9.17, 15) is 19.8 Å². The zero-order valence-corrected chi connectivity index (χ0v) is 40.2. The smallest absolute Gasteiger partial charge is 0.305 e. The van der Waals surface area contributed by atoms with Gasteiger partial charge in [0.2, 0.25) is 5.91 Å². The predicted octanol–water partition coefficient (Wildman–Crippen LogP) is 15.9.